The van der Waals surface area contributed by atoms with Gasteiger partial charge in [-0.3, -0.25) is 9.69 Å². The third-order valence-corrected chi connectivity index (χ3v) is 3.91. The third kappa shape index (κ3) is 4.32. The summed E-state index contributed by atoms with van der Waals surface area (Å²) >= 11 is 0. The van der Waals surface area contributed by atoms with Crippen LogP contribution in [0.2, 0.25) is 0 Å². The molecule has 0 heterocycles. The van der Waals surface area contributed by atoms with Gasteiger partial charge in [-0.2, -0.15) is 0 Å². The standard InChI is InChI=1S/C16H25N3O/c1-19(11-14-7-3-2-6-13(14)10-17)12-16(20)18-15-8-4-5-9-15/h2-3,6-7,15H,4-5,8-12,17H2,1H3,(H,18,20). The number of likely N-dealkylation sites (N-methyl/N-ethyl adjacent to an activating group) is 1. The summed E-state index contributed by atoms with van der Waals surface area (Å²) in [5.41, 5.74) is 8.09. The van der Waals surface area contributed by atoms with Crippen molar-refractivity contribution < 1.29 is 4.79 Å². The van der Waals surface area contributed by atoms with Crippen molar-refractivity contribution in [1.29, 1.82) is 0 Å². The highest BCUT2D eigenvalue weighted by molar-refractivity contribution is 5.78. The number of benzene rings is 1. The van der Waals surface area contributed by atoms with Crippen LogP contribution in [0.25, 0.3) is 0 Å². The molecular formula is C16H25N3O. The number of amides is 1. The van der Waals surface area contributed by atoms with Crippen molar-refractivity contribution in [2.75, 3.05) is 13.6 Å². The van der Waals surface area contributed by atoms with Gasteiger partial charge in [0.15, 0.2) is 0 Å². The molecule has 1 aliphatic rings. The fourth-order valence-corrected chi connectivity index (χ4v) is 2.85. The van der Waals surface area contributed by atoms with Gasteiger partial charge in [0.1, 0.15) is 0 Å². The average Bonchev–Trinajstić information content (AvgIpc) is 2.91. The van der Waals surface area contributed by atoms with Gasteiger partial charge >= 0.3 is 0 Å². The van der Waals surface area contributed by atoms with Crippen LogP contribution in [0.3, 0.4) is 0 Å². The molecule has 2 rings (SSSR count). The van der Waals surface area contributed by atoms with Crippen LogP contribution in [0.1, 0.15) is 36.8 Å². The lowest BCUT2D eigenvalue weighted by molar-refractivity contribution is -0.122. The topological polar surface area (TPSA) is 58.4 Å². The summed E-state index contributed by atoms with van der Waals surface area (Å²) in [6.45, 7) is 1.74. The molecule has 110 valence electrons. The Morgan fingerprint density at radius 2 is 1.95 bits per heavy atom. The Hall–Kier alpha value is -1.39. The quantitative estimate of drug-likeness (QED) is 0.829. The van der Waals surface area contributed by atoms with Crippen LogP contribution < -0.4 is 11.1 Å². The van der Waals surface area contributed by atoms with Gasteiger partial charge in [-0.15, -0.1) is 0 Å². The number of nitrogens with zero attached hydrogens (tertiary/aromatic N) is 1. The maximum atomic E-state index is 12.0. The molecule has 1 aliphatic carbocycles. The molecule has 1 aromatic rings. The largest absolute Gasteiger partial charge is 0.352 e. The maximum Gasteiger partial charge on any atom is 0.234 e. The molecule has 0 saturated heterocycles. The van der Waals surface area contributed by atoms with E-state index in [-0.39, 0.29) is 5.91 Å². The van der Waals surface area contributed by atoms with Gasteiger partial charge in [0.2, 0.25) is 5.91 Å². The van der Waals surface area contributed by atoms with Crippen LogP contribution in [0.5, 0.6) is 0 Å². The van der Waals surface area contributed by atoms with Gasteiger partial charge in [-0.1, -0.05) is 37.1 Å². The molecule has 0 spiro atoms. The van der Waals surface area contributed by atoms with Crippen molar-refractivity contribution in [1.82, 2.24) is 10.2 Å². The van der Waals surface area contributed by atoms with Crippen LogP contribution in [0.4, 0.5) is 0 Å². The number of nitrogens with one attached hydrogen (secondary N) is 1. The fraction of sp³-hybridized carbons (Fsp3) is 0.562. The number of carbonyl (C=O) groups is 1. The van der Waals surface area contributed by atoms with E-state index in [0.717, 1.165) is 24.9 Å². The molecule has 1 fully saturated rings. The van der Waals surface area contributed by atoms with E-state index in [2.05, 4.69) is 11.4 Å². The number of hydrogen-bond acceptors (Lipinski definition) is 3. The molecule has 4 heteroatoms. The zero-order valence-corrected chi connectivity index (χ0v) is 12.3. The number of hydrogen-bond donors (Lipinski definition) is 2. The van der Waals surface area contributed by atoms with Crippen LogP contribution >= 0.6 is 0 Å². The molecule has 1 amide bonds. The van der Waals surface area contributed by atoms with Gasteiger partial charge in [0, 0.05) is 19.1 Å². The summed E-state index contributed by atoms with van der Waals surface area (Å²) in [5, 5.41) is 3.12. The van der Waals surface area contributed by atoms with E-state index < -0.39 is 0 Å². The zero-order chi connectivity index (χ0) is 14.4. The van der Waals surface area contributed by atoms with Crippen molar-refractivity contribution in [3.63, 3.8) is 0 Å². The van der Waals surface area contributed by atoms with E-state index in [4.69, 9.17) is 5.73 Å². The lowest BCUT2D eigenvalue weighted by Gasteiger charge is -2.19. The molecule has 0 aromatic heterocycles. The normalized spacial score (nSPS) is 15.8. The molecular weight excluding hydrogens is 250 g/mol. The second kappa shape index (κ2) is 7.41. The van der Waals surface area contributed by atoms with Crippen molar-refractivity contribution in [3.8, 4) is 0 Å². The number of rotatable bonds is 6. The first-order valence-electron chi connectivity index (χ1n) is 7.44. The monoisotopic (exact) mass is 275 g/mol. The fourth-order valence-electron chi connectivity index (χ4n) is 2.85. The van der Waals surface area contributed by atoms with Crippen LogP contribution in [0, 0.1) is 0 Å². The molecule has 4 nitrogen and oxygen atoms in total. The molecule has 0 unspecified atom stereocenters. The van der Waals surface area contributed by atoms with Gasteiger partial charge < -0.3 is 11.1 Å². The van der Waals surface area contributed by atoms with E-state index in [9.17, 15) is 4.79 Å². The van der Waals surface area contributed by atoms with Crippen LogP contribution in [-0.4, -0.2) is 30.4 Å². The Morgan fingerprint density at radius 3 is 2.60 bits per heavy atom. The van der Waals surface area contributed by atoms with Crippen LogP contribution in [0.15, 0.2) is 24.3 Å². The summed E-state index contributed by atoms with van der Waals surface area (Å²) in [6.07, 6.45) is 4.74. The van der Waals surface area contributed by atoms with Gasteiger partial charge in [0.05, 0.1) is 6.54 Å². The Bertz CT molecular complexity index is 441. The third-order valence-electron chi connectivity index (χ3n) is 3.91. The van der Waals surface area contributed by atoms with E-state index in [1.165, 1.54) is 18.4 Å². The van der Waals surface area contributed by atoms with Crippen molar-refractivity contribution in [3.05, 3.63) is 35.4 Å². The summed E-state index contributed by atoms with van der Waals surface area (Å²) in [4.78, 5) is 14.0. The Kier molecular flexibility index (Phi) is 5.56. The van der Waals surface area contributed by atoms with E-state index in [1.54, 1.807) is 0 Å². The molecule has 0 radical (unpaired) electrons. The maximum absolute atomic E-state index is 12.0. The van der Waals surface area contributed by atoms with E-state index in [1.807, 2.05) is 30.1 Å². The first-order valence-corrected chi connectivity index (χ1v) is 7.44. The highest BCUT2D eigenvalue weighted by atomic mass is 16.2. The minimum atomic E-state index is 0.129. The van der Waals surface area contributed by atoms with Crippen molar-refractivity contribution in [2.45, 2.75) is 44.8 Å². The molecule has 0 atom stereocenters. The second-order valence-electron chi connectivity index (χ2n) is 5.69. The van der Waals surface area contributed by atoms with Crippen molar-refractivity contribution >= 4 is 5.91 Å². The molecule has 0 aliphatic heterocycles. The molecule has 3 N–H and O–H groups in total. The molecule has 1 aromatic carbocycles. The predicted molar refractivity (Wildman–Crippen MR) is 81.1 cm³/mol. The predicted octanol–water partition coefficient (Wildman–Crippen LogP) is 1.64. The SMILES string of the molecule is CN(CC(=O)NC1CCCC1)Cc1ccccc1CN. The zero-order valence-electron chi connectivity index (χ0n) is 12.3. The average molecular weight is 275 g/mol. The van der Waals surface area contributed by atoms with Crippen LogP contribution in [-0.2, 0) is 17.9 Å². The second-order valence-corrected chi connectivity index (χ2v) is 5.69. The number of nitrogens with two attached hydrogens (primary N) is 1. The smallest absolute Gasteiger partial charge is 0.234 e. The Labute approximate surface area is 121 Å². The minimum Gasteiger partial charge on any atom is -0.352 e. The van der Waals surface area contributed by atoms with Crippen molar-refractivity contribution in [2.24, 2.45) is 5.73 Å². The molecule has 20 heavy (non-hydrogen) atoms. The first-order chi connectivity index (χ1) is 9.69. The van der Waals surface area contributed by atoms with Gasteiger partial charge in [-0.05, 0) is 31.0 Å². The minimum absolute atomic E-state index is 0.129. The number of carbonyl (C=O) groups excluding carboxylic acids is 1. The first kappa shape index (κ1) is 15.0. The summed E-state index contributed by atoms with van der Waals surface area (Å²) < 4.78 is 0. The molecule has 1 saturated carbocycles. The Morgan fingerprint density at radius 1 is 1.30 bits per heavy atom. The lowest BCUT2D eigenvalue weighted by atomic mass is 10.1. The summed E-state index contributed by atoms with van der Waals surface area (Å²) in [7, 11) is 1.97. The molecule has 0 bridgehead atoms. The summed E-state index contributed by atoms with van der Waals surface area (Å²) in [5.74, 6) is 0.129. The highest BCUT2D eigenvalue weighted by Crippen LogP contribution is 2.17. The lowest BCUT2D eigenvalue weighted by Crippen LogP contribution is -2.39. The van der Waals surface area contributed by atoms with E-state index >= 15 is 0 Å². The Balaban J connectivity index is 1.82. The van der Waals surface area contributed by atoms with Gasteiger partial charge in [-0.25, -0.2) is 0 Å². The van der Waals surface area contributed by atoms with Gasteiger partial charge in [0.25, 0.3) is 0 Å². The summed E-state index contributed by atoms with van der Waals surface area (Å²) in [6, 6.07) is 8.53. The van der Waals surface area contributed by atoms with E-state index in [0.29, 0.717) is 19.1 Å². The highest BCUT2D eigenvalue weighted by Gasteiger charge is 2.17.